The van der Waals surface area contributed by atoms with E-state index in [9.17, 15) is 4.39 Å². The number of nitrogens with zero attached hydrogens (tertiary/aromatic N) is 2. The van der Waals surface area contributed by atoms with Crippen LogP contribution < -0.4 is 10.5 Å². The van der Waals surface area contributed by atoms with Crippen LogP contribution in [0.1, 0.15) is 5.69 Å². The number of fused-ring (bicyclic) bond motifs is 1. The first-order valence-corrected chi connectivity index (χ1v) is 6.74. The number of rotatable bonds is 4. The number of aromatic nitrogens is 2. The number of benzene rings is 1. The van der Waals surface area contributed by atoms with Gasteiger partial charge in [-0.3, -0.25) is 0 Å². The van der Waals surface area contributed by atoms with E-state index < -0.39 is 0 Å². The lowest BCUT2D eigenvalue weighted by molar-refractivity contribution is 0.417. The van der Waals surface area contributed by atoms with E-state index in [0.717, 1.165) is 22.6 Å². The molecule has 0 fully saturated rings. The molecule has 3 aromatic rings. The van der Waals surface area contributed by atoms with E-state index in [4.69, 9.17) is 10.5 Å². The molecule has 0 atom stereocenters. The number of imidazole rings is 1. The maximum atomic E-state index is 13.1. The first-order valence-electron chi connectivity index (χ1n) is 6.74. The van der Waals surface area contributed by atoms with Gasteiger partial charge in [0, 0.05) is 18.2 Å². The molecule has 0 aliphatic rings. The molecule has 2 heterocycles. The van der Waals surface area contributed by atoms with Crippen molar-refractivity contribution in [1.82, 2.24) is 9.38 Å². The average molecular weight is 285 g/mol. The maximum absolute atomic E-state index is 13.1. The first kappa shape index (κ1) is 13.6. The summed E-state index contributed by atoms with van der Waals surface area (Å²) in [5.41, 5.74) is 9.13. The zero-order chi connectivity index (χ0) is 14.8. The van der Waals surface area contributed by atoms with Crippen LogP contribution in [-0.4, -0.2) is 23.0 Å². The van der Waals surface area contributed by atoms with Gasteiger partial charge in [0.15, 0.2) is 11.4 Å². The number of nitrogens with two attached hydrogens (primary N) is 1. The Morgan fingerprint density at radius 1 is 1.24 bits per heavy atom. The van der Waals surface area contributed by atoms with Crippen molar-refractivity contribution in [3.8, 4) is 17.0 Å². The quantitative estimate of drug-likeness (QED) is 0.801. The zero-order valence-electron chi connectivity index (χ0n) is 11.7. The van der Waals surface area contributed by atoms with E-state index in [0.29, 0.717) is 18.7 Å². The number of halogens is 1. The van der Waals surface area contributed by atoms with Gasteiger partial charge in [-0.2, -0.15) is 0 Å². The Bertz CT molecular complexity index is 765. The first-order chi connectivity index (χ1) is 10.2. The minimum absolute atomic E-state index is 0.263. The van der Waals surface area contributed by atoms with Crippen molar-refractivity contribution in [3.63, 3.8) is 0 Å². The Balaban J connectivity index is 2.25. The van der Waals surface area contributed by atoms with E-state index in [-0.39, 0.29) is 5.82 Å². The Kier molecular flexibility index (Phi) is 3.58. The lowest BCUT2D eigenvalue weighted by Gasteiger charge is -2.05. The summed E-state index contributed by atoms with van der Waals surface area (Å²) in [7, 11) is 1.62. The standard InChI is InChI=1S/C16H16FN3O/c1-21-14-3-2-10-20-13(8-9-18)15(19-16(14)20)11-4-6-12(17)7-5-11/h2-7,10H,8-9,18H2,1H3. The van der Waals surface area contributed by atoms with Crippen LogP contribution in [0.5, 0.6) is 5.75 Å². The normalized spacial score (nSPS) is 11.0. The van der Waals surface area contributed by atoms with Gasteiger partial charge in [0.2, 0.25) is 0 Å². The summed E-state index contributed by atoms with van der Waals surface area (Å²) >= 11 is 0. The lowest BCUT2D eigenvalue weighted by Crippen LogP contribution is -2.06. The molecule has 108 valence electrons. The predicted octanol–water partition coefficient (Wildman–Crippen LogP) is 2.65. The van der Waals surface area contributed by atoms with Crippen molar-refractivity contribution in [3.05, 3.63) is 54.1 Å². The fourth-order valence-corrected chi connectivity index (χ4v) is 2.47. The van der Waals surface area contributed by atoms with E-state index in [2.05, 4.69) is 4.98 Å². The highest BCUT2D eigenvalue weighted by Crippen LogP contribution is 2.28. The second kappa shape index (κ2) is 5.54. The van der Waals surface area contributed by atoms with Crippen LogP contribution in [-0.2, 0) is 6.42 Å². The van der Waals surface area contributed by atoms with Gasteiger partial charge < -0.3 is 14.9 Å². The van der Waals surface area contributed by atoms with Crippen molar-refractivity contribution in [2.24, 2.45) is 5.73 Å². The Labute approximate surface area is 122 Å². The minimum Gasteiger partial charge on any atom is -0.493 e. The summed E-state index contributed by atoms with van der Waals surface area (Å²) in [4.78, 5) is 4.66. The Hall–Kier alpha value is -2.40. The number of methoxy groups -OCH3 is 1. The fourth-order valence-electron chi connectivity index (χ4n) is 2.47. The average Bonchev–Trinajstić information content (AvgIpc) is 2.87. The molecule has 0 bridgehead atoms. The highest BCUT2D eigenvalue weighted by molar-refractivity contribution is 5.69. The second-order valence-electron chi connectivity index (χ2n) is 4.72. The van der Waals surface area contributed by atoms with Crippen LogP contribution in [0.15, 0.2) is 42.6 Å². The third kappa shape index (κ3) is 2.36. The molecule has 0 saturated heterocycles. The number of pyridine rings is 1. The molecule has 4 nitrogen and oxygen atoms in total. The topological polar surface area (TPSA) is 52.5 Å². The van der Waals surface area contributed by atoms with E-state index in [1.165, 1.54) is 12.1 Å². The summed E-state index contributed by atoms with van der Waals surface area (Å²) in [6.45, 7) is 0.513. The Morgan fingerprint density at radius 2 is 2.00 bits per heavy atom. The molecule has 0 unspecified atom stereocenters. The summed E-state index contributed by atoms with van der Waals surface area (Å²) in [6, 6.07) is 10.1. The Morgan fingerprint density at radius 3 is 2.67 bits per heavy atom. The minimum atomic E-state index is -0.263. The largest absolute Gasteiger partial charge is 0.493 e. The summed E-state index contributed by atoms with van der Waals surface area (Å²) in [6.07, 6.45) is 2.61. The van der Waals surface area contributed by atoms with E-state index in [1.807, 2.05) is 22.7 Å². The van der Waals surface area contributed by atoms with Crippen LogP contribution in [0.4, 0.5) is 4.39 Å². The van der Waals surface area contributed by atoms with Gasteiger partial charge in [-0.1, -0.05) is 0 Å². The number of hydrogen-bond donors (Lipinski definition) is 1. The van der Waals surface area contributed by atoms with Crippen LogP contribution in [0.3, 0.4) is 0 Å². The molecule has 3 rings (SSSR count). The van der Waals surface area contributed by atoms with Crippen molar-refractivity contribution in [2.75, 3.05) is 13.7 Å². The van der Waals surface area contributed by atoms with E-state index >= 15 is 0 Å². The second-order valence-corrected chi connectivity index (χ2v) is 4.72. The van der Waals surface area contributed by atoms with Gasteiger partial charge in [0.05, 0.1) is 18.5 Å². The molecule has 0 spiro atoms. The van der Waals surface area contributed by atoms with E-state index in [1.54, 1.807) is 19.2 Å². The third-order valence-corrected chi connectivity index (χ3v) is 3.43. The predicted molar refractivity (Wildman–Crippen MR) is 79.9 cm³/mol. The van der Waals surface area contributed by atoms with Crippen molar-refractivity contribution < 1.29 is 9.13 Å². The lowest BCUT2D eigenvalue weighted by atomic mass is 10.1. The number of ether oxygens (including phenoxy) is 1. The molecular weight excluding hydrogens is 269 g/mol. The summed E-state index contributed by atoms with van der Waals surface area (Å²) in [5, 5.41) is 0. The van der Waals surface area contributed by atoms with Crippen molar-refractivity contribution in [2.45, 2.75) is 6.42 Å². The molecule has 0 aliphatic heterocycles. The van der Waals surface area contributed by atoms with Crippen LogP contribution in [0.2, 0.25) is 0 Å². The molecule has 0 aliphatic carbocycles. The third-order valence-electron chi connectivity index (χ3n) is 3.43. The molecule has 2 N–H and O–H groups in total. The molecular formula is C16H16FN3O. The van der Waals surface area contributed by atoms with Gasteiger partial charge in [0.1, 0.15) is 5.82 Å². The zero-order valence-corrected chi connectivity index (χ0v) is 11.7. The summed E-state index contributed by atoms with van der Waals surface area (Å²) in [5.74, 6) is 0.435. The molecule has 1 aromatic carbocycles. The van der Waals surface area contributed by atoms with Gasteiger partial charge in [0.25, 0.3) is 0 Å². The number of hydrogen-bond acceptors (Lipinski definition) is 3. The molecule has 0 saturated carbocycles. The highest BCUT2D eigenvalue weighted by Gasteiger charge is 2.15. The molecule has 0 amide bonds. The molecule has 5 heteroatoms. The van der Waals surface area contributed by atoms with Gasteiger partial charge in [-0.05, 0) is 42.9 Å². The fraction of sp³-hybridized carbons (Fsp3) is 0.188. The van der Waals surface area contributed by atoms with Gasteiger partial charge in [-0.25, -0.2) is 9.37 Å². The maximum Gasteiger partial charge on any atom is 0.180 e. The van der Waals surface area contributed by atoms with Crippen molar-refractivity contribution in [1.29, 1.82) is 0 Å². The molecule has 0 radical (unpaired) electrons. The molecule has 21 heavy (non-hydrogen) atoms. The highest BCUT2D eigenvalue weighted by atomic mass is 19.1. The smallest absolute Gasteiger partial charge is 0.180 e. The van der Waals surface area contributed by atoms with Crippen LogP contribution in [0, 0.1) is 5.82 Å². The van der Waals surface area contributed by atoms with Crippen LogP contribution >= 0.6 is 0 Å². The van der Waals surface area contributed by atoms with Gasteiger partial charge in [-0.15, -0.1) is 0 Å². The van der Waals surface area contributed by atoms with Crippen molar-refractivity contribution >= 4 is 5.65 Å². The monoisotopic (exact) mass is 285 g/mol. The van der Waals surface area contributed by atoms with Crippen LogP contribution in [0.25, 0.3) is 16.9 Å². The SMILES string of the molecule is COc1cccn2c(CCN)c(-c3ccc(F)cc3)nc12. The van der Waals surface area contributed by atoms with Gasteiger partial charge >= 0.3 is 0 Å². The molecule has 2 aromatic heterocycles. The summed E-state index contributed by atoms with van der Waals surface area (Å²) < 4.78 is 20.4.